The minimum Gasteiger partial charge on any atom is -1.00 e. The quantitative estimate of drug-likeness (QED) is 0.337. The molecule has 140 valence electrons. The van der Waals surface area contributed by atoms with Gasteiger partial charge in [0.15, 0.2) is 0 Å². The third kappa shape index (κ3) is 5.52. The van der Waals surface area contributed by atoms with Crippen molar-refractivity contribution in [2.75, 3.05) is 0 Å². The van der Waals surface area contributed by atoms with Crippen LogP contribution in [0.1, 0.15) is 24.0 Å². The Morgan fingerprint density at radius 1 is 0.741 bits per heavy atom. The zero-order chi connectivity index (χ0) is 15.6. The van der Waals surface area contributed by atoms with Gasteiger partial charge in [-0.05, 0) is 17.0 Å². The summed E-state index contributed by atoms with van der Waals surface area (Å²) in [5.74, 6) is 2.89. The third-order valence-electron chi connectivity index (χ3n) is 5.50. The molecule has 0 radical (unpaired) electrons. The van der Waals surface area contributed by atoms with Gasteiger partial charge in [-0.2, -0.15) is 5.92 Å². The van der Waals surface area contributed by atoms with Crippen LogP contribution in [0.15, 0.2) is 85.0 Å². The molecule has 0 bridgehead atoms. The molecule has 1 saturated carbocycles. The summed E-state index contributed by atoms with van der Waals surface area (Å²) in [5, 5.41) is 0. The molecule has 0 saturated heterocycles. The summed E-state index contributed by atoms with van der Waals surface area (Å²) in [5.41, 5.74) is 2.88. The molecule has 4 unspecified atom stereocenters. The van der Waals surface area contributed by atoms with E-state index in [1.165, 1.54) is 11.1 Å². The van der Waals surface area contributed by atoms with Crippen molar-refractivity contribution in [3.05, 3.63) is 103 Å². The van der Waals surface area contributed by atoms with Gasteiger partial charge in [0.1, 0.15) is 0 Å². The van der Waals surface area contributed by atoms with Crippen LogP contribution >= 0.6 is 0 Å². The standard InChI is InChI=1S/C23H23.3ClH.Ti/c1-17-16-20-14-8-9-15-21(20)22(17)23(18-10-4-2-5-11-18)19-12-6-3-7-13-19;;;;/h2-17,20-23H,1H3;3*1H;/q-1;;;;+4/p-3. The van der Waals surface area contributed by atoms with Gasteiger partial charge >= 0.3 is 21.7 Å². The maximum atomic E-state index is 2.55. The molecule has 0 heterocycles. The van der Waals surface area contributed by atoms with E-state index in [9.17, 15) is 0 Å². The van der Waals surface area contributed by atoms with E-state index in [2.05, 4.69) is 98.3 Å². The third-order valence-corrected chi connectivity index (χ3v) is 5.50. The van der Waals surface area contributed by atoms with Crippen molar-refractivity contribution in [2.24, 2.45) is 23.7 Å². The first-order valence-electron chi connectivity index (χ1n) is 8.64. The first-order chi connectivity index (χ1) is 11.3. The van der Waals surface area contributed by atoms with Crippen LogP contribution in [0.4, 0.5) is 0 Å². The van der Waals surface area contributed by atoms with Gasteiger partial charge < -0.3 is 43.6 Å². The van der Waals surface area contributed by atoms with Crippen molar-refractivity contribution >= 4 is 0 Å². The van der Waals surface area contributed by atoms with Crippen molar-refractivity contribution < 1.29 is 58.9 Å². The Bertz CT molecular complexity index is 675. The monoisotopic (exact) mass is 452 g/mol. The van der Waals surface area contributed by atoms with Gasteiger partial charge in [-0.3, -0.25) is 0 Å². The number of fused-ring (bicyclic) bond motifs is 1. The molecule has 4 atom stereocenters. The first kappa shape index (κ1) is 26.5. The summed E-state index contributed by atoms with van der Waals surface area (Å²) in [6.07, 6.45) is 11.8. The van der Waals surface area contributed by atoms with Crippen molar-refractivity contribution in [1.82, 2.24) is 0 Å². The molecule has 1 fully saturated rings. The average molecular weight is 454 g/mol. The topological polar surface area (TPSA) is 0 Å². The van der Waals surface area contributed by atoms with E-state index in [0.29, 0.717) is 29.6 Å². The van der Waals surface area contributed by atoms with Crippen LogP contribution < -0.4 is 37.2 Å². The second kappa shape index (κ2) is 12.1. The van der Waals surface area contributed by atoms with Crippen LogP contribution in [-0.2, 0) is 21.7 Å². The van der Waals surface area contributed by atoms with Crippen LogP contribution in [0, 0.1) is 30.1 Å². The Labute approximate surface area is 197 Å². The summed E-state index contributed by atoms with van der Waals surface area (Å²) in [4.78, 5) is 0. The van der Waals surface area contributed by atoms with Gasteiger partial charge in [0.2, 0.25) is 0 Å². The van der Waals surface area contributed by atoms with Crippen LogP contribution in [0.3, 0.4) is 0 Å². The molecule has 2 aliphatic rings. The number of allylic oxidation sites excluding steroid dienone is 4. The Balaban J connectivity index is 0.00000169. The van der Waals surface area contributed by atoms with E-state index >= 15 is 0 Å². The predicted octanol–water partition coefficient (Wildman–Crippen LogP) is -3.34. The number of halogens is 3. The molecule has 2 aromatic carbocycles. The fraction of sp³-hybridized carbons (Fsp3) is 0.261. The molecule has 0 amide bonds. The van der Waals surface area contributed by atoms with Crippen LogP contribution in [0.25, 0.3) is 0 Å². The molecule has 2 aromatic rings. The van der Waals surface area contributed by atoms with E-state index in [-0.39, 0.29) is 58.9 Å². The minimum atomic E-state index is 0. The number of hydrogen-bond acceptors (Lipinski definition) is 0. The smallest absolute Gasteiger partial charge is 1.00 e. The Kier molecular flexibility index (Phi) is 11.9. The van der Waals surface area contributed by atoms with E-state index in [1.54, 1.807) is 0 Å². The number of benzene rings is 2. The van der Waals surface area contributed by atoms with Crippen LogP contribution in [0.5, 0.6) is 0 Å². The van der Waals surface area contributed by atoms with Gasteiger partial charge in [0.25, 0.3) is 0 Å². The maximum Gasteiger partial charge on any atom is 4.00 e. The van der Waals surface area contributed by atoms with Crippen LogP contribution in [-0.4, -0.2) is 0 Å². The zero-order valence-electron chi connectivity index (χ0n) is 15.2. The SMILES string of the molecule is CC1[CH-]C2C=CC=CC2C1C(c1ccccc1)c1ccccc1.[Cl-].[Cl-].[Cl-].[Ti+4]. The first-order valence-corrected chi connectivity index (χ1v) is 8.64. The average Bonchev–Trinajstić information content (AvgIpc) is 2.94. The summed E-state index contributed by atoms with van der Waals surface area (Å²) in [6.45, 7) is 2.39. The maximum absolute atomic E-state index is 2.55. The molecule has 0 nitrogen and oxygen atoms in total. The summed E-state index contributed by atoms with van der Waals surface area (Å²) in [6, 6.07) is 22.1. The molecule has 0 N–H and O–H groups in total. The fourth-order valence-corrected chi connectivity index (χ4v) is 4.53. The second-order valence-corrected chi connectivity index (χ2v) is 6.85. The Hall–Kier alpha value is -0.496. The van der Waals surface area contributed by atoms with Crippen LogP contribution in [0.2, 0.25) is 0 Å². The van der Waals surface area contributed by atoms with Crippen molar-refractivity contribution in [3.8, 4) is 0 Å². The molecular formula is C23H23Cl3Ti. The molecule has 0 aliphatic heterocycles. The molecule has 4 heteroatoms. The van der Waals surface area contributed by atoms with Crippen molar-refractivity contribution in [1.29, 1.82) is 0 Å². The Morgan fingerprint density at radius 2 is 1.22 bits per heavy atom. The van der Waals surface area contributed by atoms with E-state index in [1.807, 2.05) is 0 Å². The summed E-state index contributed by atoms with van der Waals surface area (Å²) >= 11 is 0. The molecular weight excluding hydrogens is 430 g/mol. The van der Waals surface area contributed by atoms with Gasteiger partial charge in [-0.1, -0.05) is 91.7 Å². The normalized spacial score (nSPS) is 24.7. The fourth-order valence-electron chi connectivity index (χ4n) is 4.53. The molecule has 0 spiro atoms. The summed E-state index contributed by atoms with van der Waals surface area (Å²) in [7, 11) is 0. The van der Waals surface area contributed by atoms with Gasteiger partial charge in [-0.15, -0.1) is 12.0 Å². The second-order valence-electron chi connectivity index (χ2n) is 6.85. The number of rotatable bonds is 3. The van der Waals surface area contributed by atoms with Gasteiger partial charge in [0.05, 0.1) is 0 Å². The largest absolute Gasteiger partial charge is 4.00 e. The summed E-state index contributed by atoms with van der Waals surface area (Å²) < 4.78 is 0. The molecule has 27 heavy (non-hydrogen) atoms. The molecule has 0 aromatic heterocycles. The van der Waals surface area contributed by atoms with Crippen molar-refractivity contribution in [3.63, 3.8) is 0 Å². The minimum absolute atomic E-state index is 0. The van der Waals surface area contributed by atoms with Crippen molar-refractivity contribution in [2.45, 2.75) is 12.8 Å². The molecule has 2 aliphatic carbocycles. The van der Waals surface area contributed by atoms with E-state index in [0.717, 1.165) is 0 Å². The Morgan fingerprint density at radius 3 is 1.74 bits per heavy atom. The zero-order valence-corrected chi connectivity index (χ0v) is 19.0. The van der Waals surface area contributed by atoms with Gasteiger partial charge in [0, 0.05) is 5.92 Å². The number of hydrogen-bond donors (Lipinski definition) is 0. The van der Waals surface area contributed by atoms with Gasteiger partial charge in [-0.25, -0.2) is 0 Å². The molecule has 4 rings (SSSR count). The van der Waals surface area contributed by atoms with E-state index in [4.69, 9.17) is 0 Å². The predicted molar refractivity (Wildman–Crippen MR) is 96.9 cm³/mol. The van der Waals surface area contributed by atoms with E-state index < -0.39 is 0 Å².